The van der Waals surface area contributed by atoms with Gasteiger partial charge in [0.1, 0.15) is 5.71 Å². The van der Waals surface area contributed by atoms with Crippen LogP contribution in [-0.2, 0) is 9.63 Å². The fourth-order valence-corrected chi connectivity index (χ4v) is 5.25. The van der Waals surface area contributed by atoms with Crippen LogP contribution in [-0.4, -0.2) is 40.2 Å². The Morgan fingerprint density at radius 1 is 1.36 bits per heavy atom. The van der Waals surface area contributed by atoms with Gasteiger partial charge in [-0.25, -0.2) is 9.99 Å². The highest BCUT2D eigenvalue weighted by Gasteiger charge is 2.52. The van der Waals surface area contributed by atoms with Crippen LogP contribution in [0.3, 0.4) is 0 Å². The summed E-state index contributed by atoms with van der Waals surface area (Å²) >= 11 is 1.69. The monoisotopic (exact) mass is 362 g/mol. The van der Waals surface area contributed by atoms with Crippen molar-refractivity contribution in [1.29, 1.82) is 0 Å². The van der Waals surface area contributed by atoms with E-state index in [1.54, 1.807) is 11.3 Å². The zero-order chi connectivity index (χ0) is 17.7. The van der Waals surface area contributed by atoms with Crippen molar-refractivity contribution in [3.8, 4) is 0 Å². The van der Waals surface area contributed by atoms with E-state index >= 15 is 0 Å². The lowest BCUT2D eigenvalue weighted by atomic mass is 9.67. The van der Waals surface area contributed by atoms with Gasteiger partial charge in [-0.05, 0) is 24.7 Å². The van der Waals surface area contributed by atoms with Crippen molar-refractivity contribution < 1.29 is 9.63 Å². The molecule has 1 saturated carbocycles. The van der Waals surface area contributed by atoms with Crippen molar-refractivity contribution in [1.82, 2.24) is 9.99 Å². The summed E-state index contributed by atoms with van der Waals surface area (Å²) in [5.41, 5.74) is 1.06. The zero-order valence-electron chi connectivity index (χ0n) is 15.0. The molecule has 3 aliphatic rings. The second-order valence-corrected chi connectivity index (χ2v) is 9.34. The molecule has 1 atom stereocenters. The van der Waals surface area contributed by atoms with Crippen molar-refractivity contribution in [2.75, 3.05) is 13.1 Å². The Hall–Kier alpha value is -1.31. The first kappa shape index (κ1) is 17.1. The first-order valence-corrected chi connectivity index (χ1v) is 9.99. The molecule has 1 spiro atoms. The molecular weight excluding hydrogens is 336 g/mol. The van der Waals surface area contributed by atoms with Crippen LogP contribution in [0, 0.1) is 5.41 Å². The average Bonchev–Trinajstić information content (AvgIpc) is 3.20. The van der Waals surface area contributed by atoms with Crippen molar-refractivity contribution in [2.24, 2.45) is 16.4 Å². The number of hydrogen-bond acceptors (Lipinski definition) is 7. The third-order valence-electron chi connectivity index (χ3n) is 5.78. The number of nitrogens with zero attached hydrogens (tertiary/aromatic N) is 3. The van der Waals surface area contributed by atoms with Gasteiger partial charge in [0.25, 0.3) is 0 Å². The van der Waals surface area contributed by atoms with Crippen LogP contribution in [0.1, 0.15) is 69.0 Å². The number of carbonyl (C=O) groups is 1. The number of ketones is 1. The van der Waals surface area contributed by atoms with Gasteiger partial charge in [0.2, 0.25) is 5.60 Å². The third kappa shape index (κ3) is 3.25. The molecular formula is C18H26N4O2S. The van der Waals surface area contributed by atoms with Gasteiger partial charge in [0.15, 0.2) is 5.78 Å². The minimum absolute atomic E-state index is 0.113. The normalized spacial score (nSPS) is 30.5. The molecule has 25 heavy (non-hydrogen) atoms. The highest BCUT2D eigenvalue weighted by Crippen LogP contribution is 2.45. The highest BCUT2D eigenvalue weighted by molar-refractivity contribution is 7.10. The highest BCUT2D eigenvalue weighted by atomic mass is 32.1. The van der Waals surface area contributed by atoms with Crippen LogP contribution < -0.4 is 5.84 Å². The molecule has 4 rings (SSSR count). The van der Waals surface area contributed by atoms with E-state index in [9.17, 15) is 4.79 Å². The molecule has 0 aromatic carbocycles. The Morgan fingerprint density at radius 3 is 2.88 bits per heavy atom. The van der Waals surface area contributed by atoms with E-state index in [-0.39, 0.29) is 11.2 Å². The molecule has 2 fully saturated rings. The van der Waals surface area contributed by atoms with Gasteiger partial charge in [-0.3, -0.25) is 10.6 Å². The Labute approximate surface area is 152 Å². The quantitative estimate of drug-likeness (QED) is 0.818. The van der Waals surface area contributed by atoms with E-state index in [4.69, 9.17) is 15.7 Å². The molecule has 1 aliphatic carbocycles. The number of hydrogen-bond donors (Lipinski definition) is 1. The number of nitrogens with two attached hydrogens (primary N) is 1. The number of oxime groups is 1. The minimum atomic E-state index is -0.758. The Balaban J connectivity index is 1.48. The number of piperidine rings is 1. The number of carbonyl (C=O) groups excluding carboxylic acids is 1. The van der Waals surface area contributed by atoms with E-state index in [0.717, 1.165) is 55.2 Å². The summed E-state index contributed by atoms with van der Waals surface area (Å²) in [7, 11) is 0. The van der Waals surface area contributed by atoms with E-state index in [1.807, 2.05) is 5.01 Å². The van der Waals surface area contributed by atoms with Gasteiger partial charge < -0.3 is 4.84 Å². The Bertz CT molecular complexity index is 706. The molecule has 2 N–H and O–H groups in total. The number of thiazole rings is 1. The van der Waals surface area contributed by atoms with E-state index in [2.05, 4.69) is 24.4 Å². The minimum Gasteiger partial charge on any atom is -0.380 e. The molecule has 7 heteroatoms. The first-order valence-electron chi connectivity index (χ1n) is 9.11. The molecule has 1 aromatic rings. The van der Waals surface area contributed by atoms with Gasteiger partial charge in [0.05, 0.1) is 10.7 Å². The number of aromatic nitrogens is 1. The van der Waals surface area contributed by atoms with Gasteiger partial charge >= 0.3 is 0 Å². The maximum atomic E-state index is 12.5. The predicted octanol–water partition coefficient (Wildman–Crippen LogP) is 2.84. The largest absolute Gasteiger partial charge is 0.380 e. The number of Topliss-reactive ketones (excluding diaryl/α,β-unsaturated/α-hetero) is 1. The summed E-state index contributed by atoms with van der Waals surface area (Å²) < 4.78 is 0. The second kappa shape index (κ2) is 6.14. The van der Waals surface area contributed by atoms with E-state index in [1.165, 1.54) is 0 Å². The smallest absolute Gasteiger partial charge is 0.201 e. The van der Waals surface area contributed by atoms with Gasteiger partial charge in [-0.15, -0.1) is 11.3 Å². The van der Waals surface area contributed by atoms with Gasteiger partial charge in [-0.2, -0.15) is 0 Å². The van der Waals surface area contributed by atoms with Crippen LogP contribution in [0.2, 0.25) is 0 Å². The summed E-state index contributed by atoms with van der Waals surface area (Å²) in [5, 5.41) is 9.37. The SMILES string of the molecule is CC1(C)CCC(=O)C2(CC(c3csc(C4CCN(N)CC4)n3)=NO2)C1. The molecule has 0 radical (unpaired) electrons. The van der Waals surface area contributed by atoms with Crippen LogP contribution in [0.25, 0.3) is 0 Å². The number of rotatable bonds is 2. The molecule has 136 valence electrons. The second-order valence-electron chi connectivity index (χ2n) is 8.45. The van der Waals surface area contributed by atoms with Crippen LogP contribution >= 0.6 is 11.3 Å². The number of hydrazine groups is 1. The maximum Gasteiger partial charge on any atom is 0.201 e. The van der Waals surface area contributed by atoms with Gasteiger partial charge in [0, 0.05) is 43.6 Å². The molecule has 0 bridgehead atoms. The Kier molecular flexibility index (Phi) is 4.21. The molecule has 1 aromatic heterocycles. The molecule has 2 aliphatic heterocycles. The molecule has 1 unspecified atom stereocenters. The summed E-state index contributed by atoms with van der Waals surface area (Å²) in [6, 6.07) is 0. The van der Waals surface area contributed by atoms with Gasteiger partial charge in [-0.1, -0.05) is 19.0 Å². The van der Waals surface area contributed by atoms with Crippen molar-refractivity contribution in [2.45, 2.75) is 63.9 Å². The zero-order valence-corrected chi connectivity index (χ0v) is 15.8. The fraction of sp³-hybridized carbons (Fsp3) is 0.722. The standard InChI is InChI=1S/C18H26N4O2S/c1-17(2)6-3-15(23)18(11-17)9-13(21-24-18)14-10-25-16(20-14)12-4-7-22(19)8-5-12/h10,12H,3-9,11,19H2,1-2H3. The van der Waals surface area contributed by atoms with Crippen LogP contribution in [0.15, 0.2) is 10.5 Å². The predicted molar refractivity (Wildman–Crippen MR) is 97.5 cm³/mol. The summed E-state index contributed by atoms with van der Waals surface area (Å²) in [6.45, 7) is 6.23. The lowest BCUT2D eigenvalue weighted by Crippen LogP contribution is -2.47. The molecule has 3 heterocycles. The molecule has 0 amide bonds. The fourth-order valence-electron chi connectivity index (χ4n) is 4.25. The van der Waals surface area contributed by atoms with Crippen molar-refractivity contribution in [3.63, 3.8) is 0 Å². The average molecular weight is 362 g/mol. The lowest BCUT2D eigenvalue weighted by Gasteiger charge is -2.39. The van der Waals surface area contributed by atoms with E-state index < -0.39 is 5.60 Å². The first-order chi connectivity index (χ1) is 11.9. The lowest BCUT2D eigenvalue weighted by molar-refractivity contribution is -0.151. The van der Waals surface area contributed by atoms with Crippen LogP contribution in [0.4, 0.5) is 0 Å². The van der Waals surface area contributed by atoms with Crippen LogP contribution in [0.5, 0.6) is 0 Å². The Morgan fingerprint density at radius 2 is 2.12 bits per heavy atom. The summed E-state index contributed by atoms with van der Waals surface area (Å²) in [4.78, 5) is 23.1. The van der Waals surface area contributed by atoms with E-state index in [0.29, 0.717) is 18.8 Å². The van der Waals surface area contributed by atoms with Crippen molar-refractivity contribution >= 4 is 22.8 Å². The third-order valence-corrected chi connectivity index (χ3v) is 6.79. The maximum absolute atomic E-state index is 12.5. The summed E-state index contributed by atoms with van der Waals surface area (Å²) in [6.07, 6.45) is 4.88. The summed E-state index contributed by atoms with van der Waals surface area (Å²) in [5.74, 6) is 6.51. The molecule has 6 nitrogen and oxygen atoms in total. The molecule has 1 saturated heterocycles. The van der Waals surface area contributed by atoms with Crippen molar-refractivity contribution in [3.05, 3.63) is 16.1 Å². The topological polar surface area (TPSA) is 80.8 Å².